The quantitative estimate of drug-likeness (QED) is 0.591. The van der Waals surface area contributed by atoms with Crippen LogP contribution in [-0.2, 0) is 4.79 Å². The van der Waals surface area contributed by atoms with Gasteiger partial charge in [-0.1, -0.05) is 12.1 Å². The Morgan fingerprint density at radius 3 is 2.72 bits per heavy atom. The normalized spacial score (nSPS) is 17.3. The number of imidazole rings is 1. The monoisotopic (exact) mass is 438 g/mol. The molecule has 32 heavy (non-hydrogen) atoms. The number of hydrogen-bond acceptors (Lipinski definition) is 5. The van der Waals surface area contributed by atoms with E-state index in [-0.39, 0.29) is 18.3 Å². The van der Waals surface area contributed by atoms with E-state index in [1.54, 1.807) is 30.5 Å². The Kier molecular flexibility index (Phi) is 6.41. The Hall–Kier alpha value is -3.39. The number of nitrogens with zero attached hydrogens (tertiary/aromatic N) is 3. The lowest BCUT2D eigenvalue weighted by Gasteiger charge is -2.38. The van der Waals surface area contributed by atoms with Gasteiger partial charge in [-0.15, -0.1) is 0 Å². The van der Waals surface area contributed by atoms with Crippen LogP contribution in [0.5, 0.6) is 5.75 Å². The first kappa shape index (κ1) is 21.8. The molecule has 0 aliphatic carbocycles. The largest absolute Gasteiger partial charge is 0.494 e. The van der Waals surface area contributed by atoms with Gasteiger partial charge in [0.15, 0.2) is 0 Å². The number of aliphatic hydroxyl groups excluding tert-OH is 1. The van der Waals surface area contributed by atoms with Crippen LogP contribution in [0.4, 0.5) is 10.1 Å². The first-order chi connectivity index (χ1) is 15.5. The summed E-state index contributed by atoms with van der Waals surface area (Å²) < 4.78 is 20.8. The van der Waals surface area contributed by atoms with Crippen molar-refractivity contribution in [3.63, 3.8) is 0 Å². The molecule has 168 valence electrons. The first-order valence-electron chi connectivity index (χ1n) is 10.6. The summed E-state index contributed by atoms with van der Waals surface area (Å²) in [4.78, 5) is 19.2. The number of piperidine rings is 1. The zero-order chi connectivity index (χ0) is 22.7. The fraction of sp³-hybridized carbons (Fsp3) is 0.333. The van der Waals surface area contributed by atoms with Gasteiger partial charge in [-0.05, 0) is 49.6 Å². The average Bonchev–Trinajstić information content (AvgIpc) is 3.23. The van der Waals surface area contributed by atoms with Gasteiger partial charge in [0.2, 0.25) is 5.91 Å². The Labute approximate surface area is 186 Å². The Morgan fingerprint density at radius 1 is 1.28 bits per heavy atom. The third kappa shape index (κ3) is 4.45. The molecule has 0 spiro atoms. The minimum absolute atomic E-state index is 0.0899. The Balaban J connectivity index is 1.52. The van der Waals surface area contributed by atoms with Crippen LogP contribution in [0.2, 0.25) is 0 Å². The van der Waals surface area contributed by atoms with Gasteiger partial charge in [-0.25, -0.2) is 9.37 Å². The van der Waals surface area contributed by atoms with Crippen LogP contribution in [0, 0.1) is 12.7 Å². The van der Waals surface area contributed by atoms with Crippen molar-refractivity contribution in [2.75, 3.05) is 25.6 Å². The molecule has 2 unspecified atom stereocenters. The second kappa shape index (κ2) is 9.40. The number of nitrogens with one attached hydrogen (secondary N) is 1. The second-order valence-corrected chi connectivity index (χ2v) is 7.93. The molecule has 1 saturated heterocycles. The van der Waals surface area contributed by atoms with Gasteiger partial charge >= 0.3 is 0 Å². The molecule has 4 rings (SSSR count). The van der Waals surface area contributed by atoms with E-state index in [0.717, 1.165) is 23.5 Å². The summed E-state index contributed by atoms with van der Waals surface area (Å²) in [5.74, 6) is 0.221. The molecule has 1 aliphatic heterocycles. The van der Waals surface area contributed by atoms with Crippen LogP contribution < -0.4 is 10.1 Å². The third-order valence-corrected chi connectivity index (χ3v) is 5.79. The number of likely N-dealkylation sites (tertiary alicyclic amines) is 1. The number of amides is 1. The van der Waals surface area contributed by atoms with Gasteiger partial charge in [0.25, 0.3) is 0 Å². The predicted molar refractivity (Wildman–Crippen MR) is 119 cm³/mol. The van der Waals surface area contributed by atoms with Crippen LogP contribution >= 0.6 is 0 Å². The molecule has 1 aromatic heterocycles. The van der Waals surface area contributed by atoms with Crippen LogP contribution in [0.15, 0.2) is 55.0 Å². The summed E-state index contributed by atoms with van der Waals surface area (Å²) in [5, 5.41) is 13.3. The van der Waals surface area contributed by atoms with E-state index in [1.807, 2.05) is 35.9 Å². The van der Waals surface area contributed by atoms with Crippen molar-refractivity contribution >= 4 is 11.6 Å². The van der Waals surface area contributed by atoms with Crippen LogP contribution in [0.3, 0.4) is 0 Å². The molecule has 2 aromatic carbocycles. The van der Waals surface area contributed by atoms with Gasteiger partial charge in [-0.2, -0.15) is 0 Å². The summed E-state index contributed by atoms with van der Waals surface area (Å²) in [5.41, 5.74) is 3.24. The molecular formula is C24H27FN4O3. The number of carbonyl (C=O) groups excluding carboxylic acids is 1. The fourth-order valence-electron chi connectivity index (χ4n) is 4.15. The predicted octanol–water partition coefficient (Wildman–Crippen LogP) is 3.46. The number of hydrogen-bond donors (Lipinski definition) is 2. The van der Waals surface area contributed by atoms with E-state index in [0.29, 0.717) is 24.3 Å². The number of methoxy groups -OCH3 is 1. The smallest absolute Gasteiger partial charge is 0.245 e. The molecule has 1 amide bonds. The highest BCUT2D eigenvalue weighted by atomic mass is 19.1. The van der Waals surface area contributed by atoms with Gasteiger partial charge in [0.05, 0.1) is 37.5 Å². The number of aromatic nitrogens is 2. The molecule has 2 N–H and O–H groups in total. The standard InChI is InChI=1S/C24H27FN4O3/c1-16-13-28(15-26-16)21-10-9-19(12-23(21)32-2)27-20-4-3-11-29(24(20)31)22(14-30)17-5-7-18(25)8-6-17/h5-10,12-13,15,20,22,27,30H,3-4,11,14H2,1-2H3. The Bertz CT molecular complexity index is 1080. The number of carbonyl (C=O) groups is 1. The molecule has 0 saturated carbocycles. The van der Waals surface area contributed by atoms with Crippen molar-refractivity contribution < 1.29 is 19.0 Å². The van der Waals surface area contributed by atoms with Crippen LogP contribution in [0.1, 0.15) is 30.1 Å². The number of aliphatic hydroxyl groups is 1. The number of ether oxygens (including phenoxy) is 1. The van der Waals surface area contributed by atoms with Crippen LogP contribution in [-0.4, -0.2) is 51.8 Å². The van der Waals surface area contributed by atoms with Crippen molar-refractivity contribution in [3.8, 4) is 11.4 Å². The van der Waals surface area contributed by atoms with Gasteiger partial charge < -0.3 is 24.6 Å². The average molecular weight is 439 g/mol. The maximum absolute atomic E-state index is 13.3. The van der Waals surface area contributed by atoms with Crippen molar-refractivity contribution in [1.82, 2.24) is 14.5 Å². The fourth-order valence-corrected chi connectivity index (χ4v) is 4.15. The maximum Gasteiger partial charge on any atom is 0.245 e. The van der Waals surface area contributed by atoms with E-state index in [4.69, 9.17) is 4.74 Å². The van der Waals surface area contributed by atoms with Gasteiger partial charge in [-0.3, -0.25) is 4.79 Å². The number of benzene rings is 2. The SMILES string of the molecule is COc1cc(NC2CCCN(C(CO)c3ccc(F)cc3)C2=O)ccc1-n1cnc(C)c1. The van der Waals surface area contributed by atoms with Gasteiger partial charge in [0.1, 0.15) is 17.6 Å². The third-order valence-electron chi connectivity index (χ3n) is 5.79. The molecular weight excluding hydrogens is 411 g/mol. The van der Waals surface area contributed by atoms with E-state index < -0.39 is 12.1 Å². The zero-order valence-electron chi connectivity index (χ0n) is 18.2. The van der Waals surface area contributed by atoms with E-state index in [9.17, 15) is 14.3 Å². The first-order valence-corrected chi connectivity index (χ1v) is 10.6. The highest BCUT2D eigenvalue weighted by Crippen LogP contribution is 2.30. The molecule has 8 heteroatoms. The van der Waals surface area contributed by atoms with Crippen molar-refractivity contribution in [1.29, 1.82) is 0 Å². The summed E-state index contributed by atoms with van der Waals surface area (Å²) >= 11 is 0. The molecule has 1 fully saturated rings. The van der Waals surface area contributed by atoms with E-state index >= 15 is 0 Å². The molecule has 0 bridgehead atoms. The van der Waals surface area contributed by atoms with Crippen molar-refractivity contribution in [3.05, 3.63) is 72.1 Å². The van der Waals surface area contributed by atoms with Crippen LogP contribution in [0.25, 0.3) is 5.69 Å². The minimum atomic E-state index is -0.505. The minimum Gasteiger partial charge on any atom is -0.494 e. The molecule has 7 nitrogen and oxygen atoms in total. The van der Waals surface area contributed by atoms with Gasteiger partial charge in [0, 0.05) is 24.5 Å². The number of halogens is 1. The Morgan fingerprint density at radius 2 is 2.06 bits per heavy atom. The number of aryl methyl sites for hydroxylation is 1. The lowest BCUT2D eigenvalue weighted by Crippen LogP contribution is -2.49. The van der Waals surface area contributed by atoms with Crippen molar-refractivity contribution in [2.24, 2.45) is 0 Å². The summed E-state index contributed by atoms with van der Waals surface area (Å²) in [7, 11) is 1.61. The maximum atomic E-state index is 13.3. The lowest BCUT2D eigenvalue weighted by atomic mass is 9.98. The molecule has 3 aromatic rings. The second-order valence-electron chi connectivity index (χ2n) is 7.93. The summed E-state index contributed by atoms with van der Waals surface area (Å²) in [6.45, 7) is 2.24. The van der Waals surface area contributed by atoms with Crippen molar-refractivity contribution in [2.45, 2.75) is 31.8 Å². The molecule has 1 aliphatic rings. The lowest BCUT2D eigenvalue weighted by molar-refractivity contribution is -0.138. The topological polar surface area (TPSA) is 79.6 Å². The number of rotatable bonds is 7. The summed E-state index contributed by atoms with van der Waals surface area (Å²) in [6.07, 6.45) is 5.12. The highest BCUT2D eigenvalue weighted by Gasteiger charge is 2.33. The van der Waals surface area contributed by atoms with E-state index in [1.165, 1.54) is 12.1 Å². The highest BCUT2D eigenvalue weighted by molar-refractivity contribution is 5.86. The molecule has 2 atom stereocenters. The van der Waals surface area contributed by atoms with E-state index in [2.05, 4.69) is 10.3 Å². The molecule has 2 heterocycles. The summed E-state index contributed by atoms with van der Waals surface area (Å²) in [6, 6.07) is 10.7. The number of anilines is 1. The zero-order valence-corrected chi connectivity index (χ0v) is 18.2. The molecule has 0 radical (unpaired) electrons.